The quantitative estimate of drug-likeness (QED) is 0.649. The Morgan fingerprint density at radius 3 is 3.00 bits per heavy atom. The van der Waals surface area contributed by atoms with E-state index in [2.05, 4.69) is 4.98 Å². The molecular weight excluding hydrogens is 162 g/mol. The number of hydrogen-bond acceptors (Lipinski definition) is 4. The van der Waals surface area contributed by atoms with Gasteiger partial charge in [-0.05, 0) is 13.8 Å². The van der Waals surface area contributed by atoms with E-state index < -0.39 is 0 Å². The number of aromatic nitrogens is 1. The Hall–Kier alpha value is -0.770. The highest BCUT2D eigenvalue weighted by atomic mass is 32.2. The molecule has 0 amide bonds. The number of rotatable bonds is 3. The number of hydrogen-bond donors (Lipinski definition) is 0. The highest BCUT2D eigenvalue weighted by Gasteiger charge is 2.02. The van der Waals surface area contributed by atoms with Crippen LogP contribution in [0.5, 0.6) is 0 Å². The topological polar surface area (TPSA) is 43.1 Å². The highest BCUT2D eigenvalue weighted by Crippen LogP contribution is 2.15. The van der Waals surface area contributed by atoms with Crippen LogP contribution >= 0.6 is 11.8 Å². The first-order valence-corrected chi connectivity index (χ1v) is 4.21. The molecule has 60 valence electrons. The lowest BCUT2D eigenvalue weighted by Crippen LogP contribution is -1.92. The van der Waals surface area contributed by atoms with Crippen LogP contribution in [0.2, 0.25) is 0 Å². The maximum absolute atomic E-state index is 10.5. The van der Waals surface area contributed by atoms with E-state index in [1.807, 2.05) is 6.92 Å². The third-order valence-electron chi connectivity index (χ3n) is 0.997. The smallest absolute Gasteiger partial charge is 0.256 e. The predicted octanol–water partition coefficient (Wildman–Crippen LogP) is 1.66. The fraction of sp³-hybridized carbons (Fsp3) is 0.429. The summed E-state index contributed by atoms with van der Waals surface area (Å²) in [6.07, 6.45) is 1.57. The number of thioether (sulfide) groups is 1. The van der Waals surface area contributed by atoms with E-state index >= 15 is 0 Å². The van der Waals surface area contributed by atoms with Gasteiger partial charge in [-0.1, -0.05) is 11.8 Å². The molecule has 1 aromatic heterocycles. The van der Waals surface area contributed by atoms with Crippen LogP contribution in [0.25, 0.3) is 0 Å². The maximum atomic E-state index is 10.5. The summed E-state index contributed by atoms with van der Waals surface area (Å²) in [5.41, 5.74) is 0.844. The first kappa shape index (κ1) is 8.33. The van der Waals surface area contributed by atoms with Crippen LogP contribution in [0.3, 0.4) is 0 Å². The van der Waals surface area contributed by atoms with E-state index in [-0.39, 0.29) is 5.78 Å². The molecule has 0 aliphatic rings. The Morgan fingerprint density at radius 2 is 2.55 bits per heavy atom. The summed E-state index contributed by atoms with van der Waals surface area (Å²) < 4.78 is 5.01. The molecule has 0 unspecified atom stereocenters. The van der Waals surface area contributed by atoms with Crippen molar-refractivity contribution >= 4 is 17.5 Å². The summed E-state index contributed by atoms with van der Waals surface area (Å²) in [6, 6.07) is 0. The molecule has 0 radical (unpaired) electrons. The molecule has 1 aromatic rings. The molecule has 0 aliphatic carbocycles. The van der Waals surface area contributed by atoms with E-state index in [1.165, 1.54) is 11.8 Å². The summed E-state index contributed by atoms with van der Waals surface area (Å²) in [5.74, 6) is 0.561. The van der Waals surface area contributed by atoms with Gasteiger partial charge in [0, 0.05) is 0 Å². The minimum Gasteiger partial charge on any atom is -0.440 e. The van der Waals surface area contributed by atoms with Gasteiger partial charge in [0.1, 0.15) is 12.0 Å². The number of ketones is 1. The van der Waals surface area contributed by atoms with E-state index in [0.29, 0.717) is 11.0 Å². The number of carbonyl (C=O) groups is 1. The molecule has 0 atom stereocenters. The number of carbonyl (C=O) groups excluding carboxylic acids is 1. The standard InChI is InChI=1S/C7H9NO2S/c1-5-3-10-7(8-5)11-4-6(2)9/h3H,4H2,1-2H3. The Morgan fingerprint density at radius 1 is 1.82 bits per heavy atom. The zero-order valence-corrected chi connectivity index (χ0v) is 7.27. The summed E-state index contributed by atoms with van der Waals surface area (Å²) in [7, 11) is 0. The minimum atomic E-state index is 0.130. The van der Waals surface area contributed by atoms with Crippen molar-refractivity contribution in [2.24, 2.45) is 0 Å². The second-order valence-corrected chi connectivity index (χ2v) is 3.17. The average molecular weight is 171 g/mol. The molecule has 0 saturated heterocycles. The van der Waals surface area contributed by atoms with Crippen LogP contribution in [0.1, 0.15) is 12.6 Å². The zero-order valence-electron chi connectivity index (χ0n) is 6.46. The van der Waals surface area contributed by atoms with Crippen LogP contribution in [-0.2, 0) is 4.79 Å². The summed E-state index contributed by atoms with van der Waals surface area (Å²) >= 11 is 1.32. The van der Waals surface area contributed by atoms with Crippen molar-refractivity contribution in [3.05, 3.63) is 12.0 Å². The molecule has 0 saturated carbocycles. The molecule has 4 heteroatoms. The normalized spacial score (nSPS) is 10.0. The van der Waals surface area contributed by atoms with Gasteiger partial charge in [-0.3, -0.25) is 4.79 Å². The van der Waals surface area contributed by atoms with Gasteiger partial charge in [-0.25, -0.2) is 4.98 Å². The number of Topliss-reactive ketones (excluding diaryl/α,β-unsaturated/α-hetero) is 1. The fourth-order valence-electron chi connectivity index (χ4n) is 0.562. The lowest BCUT2D eigenvalue weighted by Gasteiger charge is -1.88. The molecule has 1 rings (SSSR count). The Labute approximate surface area is 69.2 Å². The van der Waals surface area contributed by atoms with E-state index in [4.69, 9.17) is 4.42 Å². The zero-order chi connectivity index (χ0) is 8.27. The summed E-state index contributed by atoms with van der Waals surface area (Å²) in [4.78, 5) is 14.6. The predicted molar refractivity (Wildman–Crippen MR) is 42.6 cm³/mol. The second kappa shape index (κ2) is 3.57. The number of aryl methyl sites for hydroxylation is 1. The first-order chi connectivity index (χ1) is 5.18. The third kappa shape index (κ3) is 2.76. The molecule has 0 fully saturated rings. The van der Waals surface area contributed by atoms with E-state index in [0.717, 1.165) is 5.69 Å². The van der Waals surface area contributed by atoms with Crippen molar-refractivity contribution in [1.29, 1.82) is 0 Å². The largest absolute Gasteiger partial charge is 0.440 e. The van der Waals surface area contributed by atoms with E-state index in [9.17, 15) is 4.79 Å². The SMILES string of the molecule is CC(=O)CSc1nc(C)co1. The Balaban J connectivity index is 2.45. The third-order valence-corrected chi connectivity index (χ3v) is 1.98. The monoisotopic (exact) mass is 171 g/mol. The molecule has 0 aromatic carbocycles. The van der Waals surface area contributed by atoms with E-state index in [1.54, 1.807) is 13.2 Å². The van der Waals surface area contributed by atoms with Gasteiger partial charge in [0.15, 0.2) is 0 Å². The van der Waals surface area contributed by atoms with Crippen molar-refractivity contribution in [2.45, 2.75) is 19.1 Å². The molecule has 0 N–H and O–H groups in total. The van der Waals surface area contributed by atoms with Crippen LogP contribution in [-0.4, -0.2) is 16.5 Å². The van der Waals surface area contributed by atoms with Crippen molar-refractivity contribution in [3.63, 3.8) is 0 Å². The van der Waals surface area contributed by atoms with Gasteiger partial charge in [0.05, 0.1) is 11.4 Å². The first-order valence-electron chi connectivity index (χ1n) is 3.23. The lowest BCUT2D eigenvalue weighted by atomic mass is 10.5. The van der Waals surface area contributed by atoms with Crippen molar-refractivity contribution in [2.75, 3.05) is 5.75 Å². The molecule has 0 spiro atoms. The Kier molecular flexibility index (Phi) is 2.70. The van der Waals surface area contributed by atoms with Crippen LogP contribution in [0, 0.1) is 6.92 Å². The van der Waals surface area contributed by atoms with Gasteiger partial charge in [0.2, 0.25) is 0 Å². The van der Waals surface area contributed by atoms with Crippen LogP contribution in [0.15, 0.2) is 15.9 Å². The van der Waals surface area contributed by atoms with Crippen molar-refractivity contribution in [3.8, 4) is 0 Å². The average Bonchev–Trinajstić information content (AvgIpc) is 2.31. The molecule has 11 heavy (non-hydrogen) atoms. The summed E-state index contributed by atoms with van der Waals surface area (Å²) in [5, 5.41) is 0.567. The highest BCUT2D eigenvalue weighted by molar-refractivity contribution is 7.99. The molecule has 1 heterocycles. The van der Waals surface area contributed by atoms with Gasteiger partial charge in [-0.2, -0.15) is 0 Å². The summed E-state index contributed by atoms with van der Waals surface area (Å²) in [6.45, 7) is 3.39. The van der Waals surface area contributed by atoms with Gasteiger partial charge in [-0.15, -0.1) is 0 Å². The van der Waals surface area contributed by atoms with Crippen molar-refractivity contribution < 1.29 is 9.21 Å². The molecule has 3 nitrogen and oxygen atoms in total. The van der Waals surface area contributed by atoms with Crippen LogP contribution < -0.4 is 0 Å². The fourth-order valence-corrected chi connectivity index (χ4v) is 1.21. The molecular formula is C7H9NO2S. The van der Waals surface area contributed by atoms with Gasteiger partial charge in [0.25, 0.3) is 5.22 Å². The Bertz CT molecular complexity index is 257. The molecule has 0 aliphatic heterocycles. The molecule has 0 bridgehead atoms. The van der Waals surface area contributed by atoms with Crippen molar-refractivity contribution in [1.82, 2.24) is 4.98 Å². The number of nitrogens with zero attached hydrogens (tertiary/aromatic N) is 1. The number of oxazole rings is 1. The van der Waals surface area contributed by atoms with Gasteiger partial charge < -0.3 is 4.42 Å². The second-order valence-electron chi connectivity index (χ2n) is 2.25. The van der Waals surface area contributed by atoms with Crippen LogP contribution in [0.4, 0.5) is 0 Å². The minimum absolute atomic E-state index is 0.130. The lowest BCUT2D eigenvalue weighted by molar-refractivity contribution is -0.114. The maximum Gasteiger partial charge on any atom is 0.256 e. The van der Waals surface area contributed by atoms with Gasteiger partial charge >= 0.3 is 0 Å².